The van der Waals surface area contributed by atoms with Crippen LogP contribution in [0.1, 0.15) is 34.7 Å². The Labute approximate surface area is 156 Å². The standard InChI is InChI=1S/C20H20BrN3O/c1-13(22-20(25)19-18(21)14(2)23-24(19)3)15-9-11-17(12-10-15)16-7-5-4-6-8-16/h4-13H,1-3H3,(H,22,25). The second kappa shape index (κ2) is 7.23. The molecule has 25 heavy (non-hydrogen) atoms. The Morgan fingerprint density at radius 3 is 2.24 bits per heavy atom. The fraction of sp³-hybridized carbons (Fsp3) is 0.200. The maximum Gasteiger partial charge on any atom is 0.271 e. The fourth-order valence-corrected chi connectivity index (χ4v) is 3.34. The molecule has 5 heteroatoms. The van der Waals surface area contributed by atoms with Gasteiger partial charge in [0.1, 0.15) is 5.69 Å². The van der Waals surface area contributed by atoms with Gasteiger partial charge in [0.2, 0.25) is 0 Å². The van der Waals surface area contributed by atoms with Crippen LogP contribution in [0.5, 0.6) is 0 Å². The first-order chi connectivity index (χ1) is 12.0. The van der Waals surface area contributed by atoms with E-state index in [-0.39, 0.29) is 11.9 Å². The summed E-state index contributed by atoms with van der Waals surface area (Å²) in [7, 11) is 1.77. The van der Waals surface area contributed by atoms with Crippen molar-refractivity contribution in [1.82, 2.24) is 15.1 Å². The molecule has 0 aliphatic carbocycles. The Morgan fingerprint density at radius 1 is 1.08 bits per heavy atom. The molecule has 3 aromatic rings. The van der Waals surface area contributed by atoms with Gasteiger partial charge < -0.3 is 5.32 Å². The third kappa shape index (κ3) is 3.66. The van der Waals surface area contributed by atoms with Crippen molar-refractivity contribution in [3.05, 3.63) is 76.0 Å². The van der Waals surface area contributed by atoms with Gasteiger partial charge in [-0.05, 0) is 46.5 Å². The molecule has 1 aromatic heterocycles. The van der Waals surface area contributed by atoms with Crippen LogP contribution in [-0.4, -0.2) is 15.7 Å². The Morgan fingerprint density at radius 2 is 1.68 bits per heavy atom. The third-order valence-corrected chi connectivity index (χ3v) is 5.18. The predicted molar refractivity (Wildman–Crippen MR) is 103 cm³/mol. The number of hydrogen-bond acceptors (Lipinski definition) is 2. The number of nitrogens with one attached hydrogen (secondary N) is 1. The largest absolute Gasteiger partial charge is 0.344 e. The number of nitrogens with zero attached hydrogens (tertiary/aromatic N) is 2. The highest BCUT2D eigenvalue weighted by Crippen LogP contribution is 2.23. The normalized spacial score (nSPS) is 12.0. The first kappa shape index (κ1) is 17.4. The minimum absolute atomic E-state index is 0.0978. The first-order valence-electron chi connectivity index (χ1n) is 8.12. The highest BCUT2D eigenvalue weighted by Gasteiger charge is 2.20. The van der Waals surface area contributed by atoms with Crippen molar-refractivity contribution < 1.29 is 4.79 Å². The molecule has 4 nitrogen and oxygen atoms in total. The van der Waals surface area contributed by atoms with E-state index in [9.17, 15) is 4.79 Å². The highest BCUT2D eigenvalue weighted by molar-refractivity contribution is 9.10. The summed E-state index contributed by atoms with van der Waals surface area (Å²) >= 11 is 3.44. The van der Waals surface area contributed by atoms with Crippen molar-refractivity contribution >= 4 is 21.8 Å². The average Bonchev–Trinajstić information content (AvgIpc) is 2.88. The van der Waals surface area contributed by atoms with Gasteiger partial charge in [0.05, 0.1) is 16.2 Å². The Hall–Kier alpha value is -2.40. The monoisotopic (exact) mass is 397 g/mol. The average molecular weight is 398 g/mol. The number of rotatable bonds is 4. The molecule has 2 aromatic carbocycles. The van der Waals surface area contributed by atoms with E-state index in [1.807, 2.05) is 32.0 Å². The van der Waals surface area contributed by atoms with Gasteiger partial charge >= 0.3 is 0 Å². The first-order valence-corrected chi connectivity index (χ1v) is 8.92. The van der Waals surface area contributed by atoms with E-state index in [1.165, 1.54) is 5.56 Å². The van der Waals surface area contributed by atoms with E-state index in [1.54, 1.807) is 11.7 Å². The van der Waals surface area contributed by atoms with Crippen molar-refractivity contribution in [3.8, 4) is 11.1 Å². The summed E-state index contributed by atoms with van der Waals surface area (Å²) in [6.45, 7) is 3.85. The van der Waals surface area contributed by atoms with Gasteiger partial charge in [-0.1, -0.05) is 54.6 Å². The lowest BCUT2D eigenvalue weighted by Crippen LogP contribution is -2.28. The quantitative estimate of drug-likeness (QED) is 0.696. The topological polar surface area (TPSA) is 46.9 Å². The Kier molecular flexibility index (Phi) is 5.04. The van der Waals surface area contributed by atoms with Gasteiger partial charge in [-0.3, -0.25) is 9.48 Å². The summed E-state index contributed by atoms with van der Waals surface area (Å²) in [5, 5.41) is 7.30. The van der Waals surface area contributed by atoms with E-state index >= 15 is 0 Å². The summed E-state index contributed by atoms with van der Waals surface area (Å²) < 4.78 is 2.33. The molecule has 0 fully saturated rings. The number of aromatic nitrogens is 2. The molecule has 0 bridgehead atoms. The van der Waals surface area contributed by atoms with Crippen LogP contribution in [0.15, 0.2) is 59.1 Å². The van der Waals surface area contributed by atoms with Crippen molar-refractivity contribution in [3.63, 3.8) is 0 Å². The second-order valence-corrected chi connectivity index (χ2v) is 6.85. The molecular weight excluding hydrogens is 378 g/mol. The number of hydrogen-bond donors (Lipinski definition) is 1. The van der Waals surface area contributed by atoms with Gasteiger partial charge in [-0.2, -0.15) is 5.10 Å². The van der Waals surface area contributed by atoms with Crippen LogP contribution in [0.4, 0.5) is 0 Å². The highest BCUT2D eigenvalue weighted by atomic mass is 79.9. The lowest BCUT2D eigenvalue weighted by atomic mass is 10.0. The Balaban J connectivity index is 1.75. The van der Waals surface area contributed by atoms with Crippen LogP contribution in [0, 0.1) is 6.92 Å². The van der Waals surface area contributed by atoms with Gasteiger partial charge in [0.25, 0.3) is 5.91 Å². The molecular formula is C20H20BrN3O. The van der Waals surface area contributed by atoms with Crippen molar-refractivity contribution in [1.29, 1.82) is 0 Å². The molecule has 3 rings (SSSR count). The zero-order valence-electron chi connectivity index (χ0n) is 14.5. The molecule has 0 spiro atoms. The van der Waals surface area contributed by atoms with Crippen LogP contribution in [-0.2, 0) is 7.05 Å². The molecule has 1 atom stereocenters. The zero-order chi connectivity index (χ0) is 18.0. The lowest BCUT2D eigenvalue weighted by molar-refractivity contribution is 0.0929. The maximum atomic E-state index is 12.6. The molecule has 1 amide bonds. The molecule has 0 radical (unpaired) electrons. The van der Waals surface area contributed by atoms with Gasteiger partial charge in [-0.15, -0.1) is 0 Å². The zero-order valence-corrected chi connectivity index (χ0v) is 16.0. The summed E-state index contributed by atoms with van der Waals surface area (Å²) in [6, 6.07) is 18.4. The third-order valence-electron chi connectivity index (χ3n) is 4.23. The molecule has 0 saturated carbocycles. The number of aryl methyl sites for hydroxylation is 2. The van der Waals surface area contributed by atoms with Crippen molar-refractivity contribution in [2.75, 3.05) is 0 Å². The summed E-state index contributed by atoms with van der Waals surface area (Å²) in [5.41, 5.74) is 4.73. The molecule has 1 N–H and O–H groups in total. The smallest absolute Gasteiger partial charge is 0.271 e. The van der Waals surface area contributed by atoms with Gasteiger partial charge in [-0.25, -0.2) is 0 Å². The van der Waals surface area contributed by atoms with E-state index in [2.05, 4.69) is 62.7 Å². The SMILES string of the molecule is Cc1nn(C)c(C(=O)NC(C)c2ccc(-c3ccccc3)cc2)c1Br. The molecule has 0 aliphatic heterocycles. The maximum absolute atomic E-state index is 12.6. The van der Waals surface area contributed by atoms with Gasteiger partial charge in [0.15, 0.2) is 0 Å². The van der Waals surface area contributed by atoms with Crippen LogP contribution in [0.2, 0.25) is 0 Å². The summed E-state index contributed by atoms with van der Waals surface area (Å²) in [4.78, 5) is 12.6. The molecule has 1 heterocycles. The molecule has 0 saturated heterocycles. The van der Waals surface area contributed by atoms with E-state index in [0.717, 1.165) is 21.3 Å². The number of halogens is 1. The van der Waals surface area contributed by atoms with Gasteiger partial charge in [0, 0.05) is 7.05 Å². The number of amides is 1. The van der Waals surface area contributed by atoms with E-state index in [4.69, 9.17) is 0 Å². The molecule has 0 aliphatic rings. The van der Waals surface area contributed by atoms with Crippen molar-refractivity contribution in [2.24, 2.45) is 7.05 Å². The van der Waals surface area contributed by atoms with Crippen LogP contribution >= 0.6 is 15.9 Å². The molecule has 1 unspecified atom stereocenters. The van der Waals surface area contributed by atoms with E-state index < -0.39 is 0 Å². The predicted octanol–water partition coefficient (Wildman–Crippen LogP) is 4.65. The number of carbonyl (C=O) groups is 1. The number of carbonyl (C=O) groups excluding carboxylic acids is 1. The minimum atomic E-state index is -0.144. The van der Waals surface area contributed by atoms with Crippen LogP contribution in [0.3, 0.4) is 0 Å². The number of benzene rings is 2. The van der Waals surface area contributed by atoms with Crippen LogP contribution < -0.4 is 5.32 Å². The summed E-state index contributed by atoms with van der Waals surface area (Å²) in [6.07, 6.45) is 0. The van der Waals surface area contributed by atoms with Crippen LogP contribution in [0.25, 0.3) is 11.1 Å². The van der Waals surface area contributed by atoms with E-state index in [0.29, 0.717) is 5.69 Å². The summed E-state index contributed by atoms with van der Waals surface area (Å²) in [5.74, 6) is -0.144. The molecule has 128 valence electrons. The lowest BCUT2D eigenvalue weighted by Gasteiger charge is -2.15. The minimum Gasteiger partial charge on any atom is -0.344 e. The fourth-order valence-electron chi connectivity index (χ4n) is 2.82. The van der Waals surface area contributed by atoms with Crippen molar-refractivity contribution in [2.45, 2.75) is 19.9 Å². The second-order valence-electron chi connectivity index (χ2n) is 6.05. The Bertz CT molecular complexity index is 885.